The van der Waals surface area contributed by atoms with Gasteiger partial charge in [-0.05, 0) is 13.0 Å². The molecular weight excluding hydrogens is 134 g/mol. The van der Waals surface area contributed by atoms with Gasteiger partial charge < -0.3 is 5.73 Å². The van der Waals surface area contributed by atoms with E-state index in [1.165, 1.54) is 0 Å². The lowest BCUT2D eigenvalue weighted by Gasteiger charge is -2.21. The van der Waals surface area contributed by atoms with E-state index in [0.717, 1.165) is 11.5 Å². The minimum atomic E-state index is -0.230. The molecule has 0 spiro atoms. The molecule has 0 aromatic carbocycles. The Morgan fingerprint density at radius 1 is 1.78 bits per heavy atom. The van der Waals surface area contributed by atoms with Gasteiger partial charge in [0, 0.05) is 17.0 Å². The van der Waals surface area contributed by atoms with E-state index in [4.69, 9.17) is 17.3 Å². The van der Waals surface area contributed by atoms with Gasteiger partial charge in [0.25, 0.3) is 0 Å². The van der Waals surface area contributed by atoms with Crippen molar-refractivity contribution in [3.8, 4) is 0 Å². The van der Waals surface area contributed by atoms with Crippen molar-refractivity contribution in [2.75, 3.05) is 0 Å². The highest BCUT2D eigenvalue weighted by Crippen LogP contribution is 2.22. The topological polar surface area (TPSA) is 26.0 Å². The van der Waals surface area contributed by atoms with Crippen LogP contribution in [0.2, 0.25) is 0 Å². The van der Waals surface area contributed by atoms with Crippen molar-refractivity contribution in [1.82, 2.24) is 0 Å². The van der Waals surface area contributed by atoms with Gasteiger partial charge in [-0.1, -0.05) is 23.8 Å². The first-order valence-electron chi connectivity index (χ1n) is 2.93. The third-order valence-electron chi connectivity index (χ3n) is 1.30. The standard InChI is InChI=1S/C7H10ClN/c1-7(9)4-2-3-6(8)5-7/h2-4H,5,9H2,1H3. The van der Waals surface area contributed by atoms with Crippen LogP contribution in [-0.4, -0.2) is 5.54 Å². The molecule has 9 heavy (non-hydrogen) atoms. The summed E-state index contributed by atoms with van der Waals surface area (Å²) in [6, 6.07) is 0. The van der Waals surface area contributed by atoms with Gasteiger partial charge in [0.05, 0.1) is 0 Å². The summed E-state index contributed by atoms with van der Waals surface area (Å²) < 4.78 is 0. The largest absolute Gasteiger partial charge is 0.322 e. The fourth-order valence-electron chi connectivity index (χ4n) is 0.854. The van der Waals surface area contributed by atoms with Crippen LogP contribution < -0.4 is 5.73 Å². The molecule has 0 aromatic rings. The summed E-state index contributed by atoms with van der Waals surface area (Å²) in [5.74, 6) is 0. The molecule has 0 saturated heterocycles. The number of hydrogen-bond donors (Lipinski definition) is 1. The predicted octanol–water partition coefficient (Wildman–Crippen LogP) is 1.79. The highest BCUT2D eigenvalue weighted by atomic mass is 35.5. The van der Waals surface area contributed by atoms with Crippen molar-refractivity contribution in [3.05, 3.63) is 23.3 Å². The van der Waals surface area contributed by atoms with Crippen molar-refractivity contribution in [1.29, 1.82) is 0 Å². The smallest absolute Gasteiger partial charge is 0.0363 e. The van der Waals surface area contributed by atoms with Crippen LogP contribution in [0, 0.1) is 0 Å². The highest BCUT2D eigenvalue weighted by Gasteiger charge is 2.17. The van der Waals surface area contributed by atoms with Gasteiger partial charge in [0.2, 0.25) is 0 Å². The lowest BCUT2D eigenvalue weighted by Crippen LogP contribution is -2.34. The minimum Gasteiger partial charge on any atom is -0.322 e. The van der Waals surface area contributed by atoms with E-state index in [9.17, 15) is 0 Å². The molecule has 1 atom stereocenters. The molecule has 50 valence electrons. The van der Waals surface area contributed by atoms with E-state index >= 15 is 0 Å². The summed E-state index contributed by atoms with van der Waals surface area (Å²) in [5.41, 5.74) is 5.53. The van der Waals surface area contributed by atoms with Crippen molar-refractivity contribution in [2.45, 2.75) is 18.9 Å². The summed E-state index contributed by atoms with van der Waals surface area (Å²) in [5, 5.41) is 0.836. The van der Waals surface area contributed by atoms with Crippen LogP contribution in [0.1, 0.15) is 13.3 Å². The molecule has 1 nitrogen and oxygen atoms in total. The van der Waals surface area contributed by atoms with Crippen LogP contribution in [0.4, 0.5) is 0 Å². The maximum absolute atomic E-state index is 5.76. The van der Waals surface area contributed by atoms with Gasteiger partial charge in [0.15, 0.2) is 0 Å². The molecule has 1 aliphatic carbocycles. The second-order valence-electron chi connectivity index (χ2n) is 2.66. The van der Waals surface area contributed by atoms with Gasteiger partial charge in [-0.2, -0.15) is 0 Å². The monoisotopic (exact) mass is 143 g/mol. The molecular formula is C7H10ClN. The Bertz CT molecular complexity index is 168. The first-order chi connectivity index (χ1) is 4.10. The van der Waals surface area contributed by atoms with Crippen LogP contribution in [-0.2, 0) is 0 Å². The zero-order valence-corrected chi connectivity index (χ0v) is 6.15. The third kappa shape index (κ3) is 1.84. The van der Waals surface area contributed by atoms with E-state index < -0.39 is 0 Å². The van der Waals surface area contributed by atoms with Crippen LogP contribution in [0.3, 0.4) is 0 Å². The van der Waals surface area contributed by atoms with E-state index in [1.54, 1.807) is 0 Å². The van der Waals surface area contributed by atoms with Gasteiger partial charge in [-0.3, -0.25) is 0 Å². The molecule has 1 unspecified atom stereocenters. The Morgan fingerprint density at radius 2 is 2.44 bits per heavy atom. The van der Waals surface area contributed by atoms with E-state index in [0.29, 0.717) is 0 Å². The molecule has 0 saturated carbocycles. The Balaban J connectivity index is 2.73. The minimum absolute atomic E-state index is 0.230. The Kier molecular flexibility index (Phi) is 1.64. The lowest BCUT2D eigenvalue weighted by molar-refractivity contribution is 0.584. The molecule has 0 aromatic heterocycles. The van der Waals surface area contributed by atoms with Gasteiger partial charge in [-0.15, -0.1) is 0 Å². The van der Waals surface area contributed by atoms with E-state index in [1.807, 2.05) is 25.2 Å². The second-order valence-corrected chi connectivity index (χ2v) is 3.14. The van der Waals surface area contributed by atoms with Crippen molar-refractivity contribution < 1.29 is 0 Å². The zero-order valence-electron chi connectivity index (χ0n) is 5.39. The molecule has 2 N–H and O–H groups in total. The Labute approximate surface area is 60.2 Å². The summed E-state index contributed by atoms with van der Waals surface area (Å²) >= 11 is 5.73. The van der Waals surface area contributed by atoms with E-state index in [-0.39, 0.29) is 5.54 Å². The lowest BCUT2D eigenvalue weighted by atomic mass is 9.95. The summed E-state index contributed by atoms with van der Waals surface area (Å²) in [4.78, 5) is 0. The molecule has 0 fully saturated rings. The molecule has 0 heterocycles. The van der Waals surface area contributed by atoms with Crippen LogP contribution in [0.5, 0.6) is 0 Å². The number of nitrogens with two attached hydrogens (primary N) is 1. The maximum atomic E-state index is 5.76. The van der Waals surface area contributed by atoms with Crippen molar-refractivity contribution in [3.63, 3.8) is 0 Å². The number of halogens is 1. The molecule has 0 radical (unpaired) electrons. The molecule has 0 bridgehead atoms. The predicted molar refractivity (Wildman–Crippen MR) is 40.3 cm³/mol. The maximum Gasteiger partial charge on any atom is 0.0363 e. The SMILES string of the molecule is CC1(N)C=CC=C(Cl)C1. The van der Waals surface area contributed by atoms with Gasteiger partial charge >= 0.3 is 0 Å². The Morgan fingerprint density at radius 3 is 2.78 bits per heavy atom. The fourth-order valence-corrected chi connectivity index (χ4v) is 1.21. The normalized spacial score (nSPS) is 34.3. The van der Waals surface area contributed by atoms with Gasteiger partial charge in [0.1, 0.15) is 0 Å². The highest BCUT2D eigenvalue weighted by molar-refractivity contribution is 6.29. The van der Waals surface area contributed by atoms with Crippen LogP contribution >= 0.6 is 11.6 Å². The van der Waals surface area contributed by atoms with E-state index in [2.05, 4.69) is 0 Å². The number of allylic oxidation sites excluding steroid dienone is 2. The van der Waals surface area contributed by atoms with Gasteiger partial charge in [-0.25, -0.2) is 0 Å². The average molecular weight is 144 g/mol. The summed E-state index contributed by atoms with van der Waals surface area (Å²) in [6.45, 7) is 1.96. The fraction of sp³-hybridized carbons (Fsp3) is 0.429. The Hall–Kier alpha value is -0.270. The third-order valence-corrected chi connectivity index (χ3v) is 1.56. The first kappa shape index (κ1) is 6.84. The van der Waals surface area contributed by atoms with Crippen LogP contribution in [0.15, 0.2) is 23.3 Å². The molecule has 0 aliphatic heterocycles. The second kappa shape index (κ2) is 2.16. The number of hydrogen-bond acceptors (Lipinski definition) is 1. The molecule has 1 aliphatic rings. The molecule has 0 amide bonds. The quantitative estimate of drug-likeness (QED) is 0.550. The van der Waals surface area contributed by atoms with Crippen LogP contribution in [0.25, 0.3) is 0 Å². The molecule has 2 heteroatoms. The van der Waals surface area contributed by atoms with Crippen molar-refractivity contribution in [2.24, 2.45) is 5.73 Å². The first-order valence-corrected chi connectivity index (χ1v) is 3.31. The summed E-state index contributed by atoms with van der Waals surface area (Å²) in [6.07, 6.45) is 6.48. The van der Waals surface area contributed by atoms with Crippen molar-refractivity contribution >= 4 is 11.6 Å². The number of rotatable bonds is 0. The summed E-state index contributed by atoms with van der Waals surface area (Å²) in [7, 11) is 0. The zero-order chi connectivity index (χ0) is 6.91. The molecule has 1 rings (SSSR count). The average Bonchev–Trinajstić information content (AvgIpc) is 1.60.